The van der Waals surface area contributed by atoms with E-state index in [-0.39, 0.29) is 0 Å². The van der Waals surface area contributed by atoms with Crippen molar-refractivity contribution in [1.29, 1.82) is 0 Å². The number of pyridine rings is 2. The molecule has 0 amide bonds. The number of hydrogen-bond acceptors (Lipinski definition) is 4. The smallest absolute Gasteiger partial charge is 0.104 e. The van der Waals surface area contributed by atoms with Crippen molar-refractivity contribution in [2.75, 3.05) is 0 Å². The van der Waals surface area contributed by atoms with E-state index < -0.39 is 0 Å². The van der Waals surface area contributed by atoms with E-state index >= 15 is 0 Å². The van der Waals surface area contributed by atoms with Crippen molar-refractivity contribution in [2.24, 2.45) is 0 Å². The summed E-state index contributed by atoms with van der Waals surface area (Å²) in [5.41, 5.74) is 2.44. The van der Waals surface area contributed by atoms with Gasteiger partial charge in [-0.25, -0.2) is 4.98 Å². The third-order valence-corrected chi connectivity index (χ3v) is 3.79. The van der Waals surface area contributed by atoms with Crippen LogP contribution in [-0.2, 0) is 6.54 Å². The Labute approximate surface area is 118 Å². The zero-order valence-electron chi connectivity index (χ0n) is 11.6. The molecule has 0 bridgehead atoms. The molecule has 3 nitrogen and oxygen atoms in total. The topological polar surface area (TPSA) is 37.8 Å². The van der Waals surface area contributed by atoms with Crippen molar-refractivity contribution in [1.82, 2.24) is 15.3 Å². The van der Waals surface area contributed by atoms with Gasteiger partial charge in [-0.05, 0) is 30.2 Å². The highest BCUT2D eigenvalue weighted by Gasteiger charge is 2.04. The van der Waals surface area contributed by atoms with Gasteiger partial charge in [0.15, 0.2) is 0 Å². The highest BCUT2D eigenvalue weighted by molar-refractivity contribution is 7.99. The third-order valence-electron chi connectivity index (χ3n) is 2.67. The molecule has 4 heteroatoms. The summed E-state index contributed by atoms with van der Waals surface area (Å²) in [5.74, 6) is 0. The van der Waals surface area contributed by atoms with Crippen molar-refractivity contribution in [2.45, 2.75) is 43.3 Å². The van der Waals surface area contributed by atoms with Crippen molar-refractivity contribution < 1.29 is 0 Å². The van der Waals surface area contributed by atoms with E-state index in [0.717, 1.165) is 11.6 Å². The quantitative estimate of drug-likeness (QED) is 0.905. The van der Waals surface area contributed by atoms with E-state index in [1.54, 1.807) is 24.2 Å². The molecule has 2 aromatic heterocycles. The summed E-state index contributed by atoms with van der Waals surface area (Å²) in [6.45, 7) is 7.27. The van der Waals surface area contributed by atoms with Crippen molar-refractivity contribution in [3.63, 3.8) is 0 Å². The molecule has 0 aliphatic rings. The molecule has 2 heterocycles. The molecule has 0 aromatic carbocycles. The molecule has 0 radical (unpaired) electrons. The molecule has 0 fully saturated rings. The van der Waals surface area contributed by atoms with Gasteiger partial charge in [-0.2, -0.15) is 0 Å². The third kappa shape index (κ3) is 4.33. The van der Waals surface area contributed by atoms with Gasteiger partial charge in [0.2, 0.25) is 0 Å². The van der Waals surface area contributed by atoms with Gasteiger partial charge in [0.1, 0.15) is 5.03 Å². The second kappa shape index (κ2) is 6.68. The average molecular weight is 273 g/mol. The highest BCUT2D eigenvalue weighted by atomic mass is 32.2. The second-order valence-corrected chi connectivity index (χ2v) is 5.85. The van der Waals surface area contributed by atoms with Crippen LogP contribution in [0.3, 0.4) is 0 Å². The fourth-order valence-electron chi connectivity index (χ4n) is 1.66. The van der Waals surface area contributed by atoms with Crippen LogP contribution in [0.4, 0.5) is 0 Å². The molecule has 1 N–H and O–H groups in total. The Balaban J connectivity index is 2.07. The Kier molecular flexibility index (Phi) is 4.93. The van der Waals surface area contributed by atoms with Gasteiger partial charge in [0.25, 0.3) is 0 Å². The van der Waals surface area contributed by atoms with Gasteiger partial charge in [0, 0.05) is 36.1 Å². The molecule has 0 saturated carbocycles. The number of rotatable bonds is 5. The lowest BCUT2D eigenvalue weighted by molar-refractivity contribution is 0.587. The van der Waals surface area contributed by atoms with Gasteiger partial charge >= 0.3 is 0 Å². The predicted molar refractivity (Wildman–Crippen MR) is 79.3 cm³/mol. The Morgan fingerprint density at radius 3 is 2.63 bits per heavy atom. The maximum absolute atomic E-state index is 4.55. The average Bonchev–Trinajstić information content (AvgIpc) is 2.40. The highest BCUT2D eigenvalue weighted by Crippen LogP contribution is 2.28. The lowest BCUT2D eigenvalue weighted by Crippen LogP contribution is -2.21. The van der Waals surface area contributed by atoms with Crippen LogP contribution >= 0.6 is 11.8 Å². The van der Waals surface area contributed by atoms with E-state index in [1.165, 1.54) is 16.0 Å². The number of nitrogens with zero attached hydrogens (tertiary/aromatic N) is 2. The first kappa shape index (κ1) is 14.0. The summed E-state index contributed by atoms with van der Waals surface area (Å²) in [6, 6.07) is 6.69. The fraction of sp³-hybridized carbons (Fsp3) is 0.333. The number of aromatic nitrogens is 2. The summed E-state index contributed by atoms with van der Waals surface area (Å²) in [4.78, 5) is 9.74. The molecule has 100 valence electrons. The standard InChI is InChI=1S/C15H19N3S/c1-11(2)17-9-13-8-12(3)15(18-10-13)19-14-4-6-16-7-5-14/h4-8,10-11,17H,9H2,1-3H3. The summed E-state index contributed by atoms with van der Waals surface area (Å²) in [6.07, 6.45) is 5.56. The zero-order valence-corrected chi connectivity index (χ0v) is 12.4. The maximum Gasteiger partial charge on any atom is 0.104 e. The predicted octanol–water partition coefficient (Wildman–Crippen LogP) is 3.43. The van der Waals surface area contributed by atoms with Gasteiger partial charge in [-0.15, -0.1) is 0 Å². The lowest BCUT2D eigenvalue weighted by atomic mass is 10.2. The molecular formula is C15H19N3S. The largest absolute Gasteiger partial charge is 0.310 e. The van der Waals surface area contributed by atoms with Crippen LogP contribution in [0.5, 0.6) is 0 Å². The molecule has 2 aromatic rings. The first-order valence-corrected chi connectivity index (χ1v) is 7.23. The number of hydrogen-bond donors (Lipinski definition) is 1. The molecule has 0 spiro atoms. The van der Waals surface area contributed by atoms with E-state index in [1.807, 2.05) is 18.3 Å². The molecular weight excluding hydrogens is 254 g/mol. The summed E-state index contributed by atoms with van der Waals surface area (Å²) < 4.78 is 0. The Hall–Kier alpha value is -1.39. The van der Waals surface area contributed by atoms with Gasteiger partial charge in [-0.1, -0.05) is 31.7 Å². The molecule has 0 saturated heterocycles. The van der Waals surface area contributed by atoms with E-state index in [9.17, 15) is 0 Å². The lowest BCUT2D eigenvalue weighted by Gasteiger charge is -2.10. The molecule has 0 aliphatic heterocycles. The van der Waals surface area contributed by atoms with Gasteiger partial charge in [0.05, 0.1) is 0 Å². The molecule has 0 aliphatic carbocycles. The Morgan fingerprint density at radius 2 is 2.00 bits per heavy atom. The number of nitrogens with one attached hydrogen (secondary N) is 1. The Bertz CT molecular complexity index is 526. The SMILES string of the molecule is Cc1cc(CNC(C)C)cnc1Sc1ccncc1. The van der Waals surface area contributed by atoms with Crippen LogP contribution < -0.4 is 5.32 Å². The molecule has 0 unspecified atom stereocenters. The van der Waals surface area contributed by atoms with Crippen LogP contribution in [0, 0.1) is 6.92 Å². The summed E-state index contributed by atoms with van der Waals surface area (Å²) in [5, 5.41) is 4.46. The zero-order chi connectivity index (χ0) is 13.7. The van der Waals surface area contributed by atoms with Crippen LogP contribution in [-0.4, -0.2) is 16.0 Å². The van der Waals surface area contributed by atoms with Crippen molar-refractivity contribution in [3.05, 3.63) is 47.9 Å². The van der Waals surface area contributed by atoms with Crippen LogP contribution in [0.25, 0.3) is 0 Å². The Morgan fingerprint density at radius 1 is 1.26 bits per heavy atom. The fourth-order valence-corrected chi connectivity index (χ4v) is 2.47. The van der Waals surface area contributed by atoms with Crippen molar-refractivity contribution >= 4 is 11.8 Å². The van der Waals surface area contributed by atoms with Crippen LogP contribution in [0.1, 0.15) is 25.0 Å². The molecule has 2 rings (SSSR count). The van der Waals surface area contributed by atoms with E-state index in [4.69, 9.17) is 0 Å². The van der Waals surface area contributed by atoms with E-state index in [0.29, 0.717) is 6.04 Å². The molecule has 0 atom stereocenters. The first-order chi connectivity index (χ1) is 9.15. The summed E-state index contributed by atoms with van der Waals surface area (Å²) in [7, 11) is 0. The van der Waals surface area contributed by atoms with Crippen LogP contribution in [0.2, 0.25) is 0 Å². The second-order valence-electron chi connectivity index (χ2n) is 4.79. The monoisotopic (exact) mass is 273 g/mol. The van der Waals surface area contributed by atoms with Gasteiger partial charge in [-0.3, -0.25) is 4.98 Å². The minimum atomic E-state index is 0.492. The summed E-state index contributed by atoms with van der Waals surface area (Å²) >= 11 is 1.68. The first-order valence-electron chi connectivity index (χ1n) is 6.42. The van der Waals surface area contributed by atoms with Gasteiger partial charge < -0.3 is 5.32 Å². The number of aryl methyl sites for hydroxylation is 1. The van der Waals surface area contributed by atoms with E-state index in [2.05, 4.69) is 42.1 Å². The maximum atomic E-state index is 4.55. The molecule has 19 heavy (non-hydrogen) atoms. The van der Waals surface area contributed by atoms with Crippen LogP contribution in [0.15, 0.2) is 46.7 Å². The minimum Gasteiger partial charge on any atom is -0.310 e. The van der Waals surface area contributed by atoms with Crippen molar-refractivity contribution in [3.8, 4) is 0 Å². The normalized spacial score (nSPS) is 10.9. The minimum absolute atomic E-state index is 0.492.